The Balaban J connectivity index is 2.79. The maximum absolute atomic E-state index is 10.8. The number of nitrogen functional groups attached to an aromatic ring is 1. The van der Waals surface area contributed by atoms with Crippen molar-refractivity contribution in [2.75, 3.05) is 18.8 Å². The standard InChI is InChI=1S/C14H22N2O2/c1-3-7-16(8-4-2)10-12-6-5-11(14(17)18)9-13(12)15/h5-6,9H,3-4,7-8,10,15H2,1-2H3,(H,17,18). The van der Waals surface area contributed by atoms with Crippen molar-refractivity contribution in [1.82, 2.24) is 4.90 Å². The molecule has 0 amide bonds. The van der Waals surface area contributed by atoms with Gasteiger partial charge in [0.2, 0.25) is 0 Å². The molecule has 1 aromatic rings. The summed E-state index contributed by atoms with van der Waals surface area (Å²) in [6, 6.07) is 4.97. The van der Waals surface area contributed by atoms with E-state index in [2.05, 4.69) is 18.7 Å². The van der Waals surface area contributed by atoms with Crippen molar-refractivity contribution in [3.8, 4) is 0 Å². The lowest BCUT2D eigenvalue weighted by molar-refractivity contribution is 0.0697. The molecule has 0 saturated heterocycles. The van der Waals surface area contributed by atoms with Gasteiger partial charge in [-0.2, -0.15) is 0 Å². The third-order valence-electron chi connectivity index (χ3n) is 2.87. The molecular weight excluding hydrogens is 228 g/mol. The number of hydrogen-bond donors (Lipinski definition) is 2. The molecule has 0 atom stereocenters. The number of rotatable bonds is 7. The van der Waals surface area contributed by atoms with Gasteiger partial charge in [-0.1, -0.05) is 19.9 Å². The number of nitrogens with zero attached hydrogens (tertiary/aromatic N) is 1. The minimum absolute atomic E-state index is 0.244. The Bertz CT molecular complexity index is 399. The van der Waals surface area contributed by atoms with Gasteiger partial charge in [-0.15, -0.1) is 0 Å². The zero-order valence-corrected chi connectivity index (χ0v) is 11.1. The van der Waals surface area contributed by atoms with Crippen LogP contribution >= 0.6 is 0 Å². The van der Waals surface area contributed by atoms with E-state index in [0.717, 1.165) is 38.0 Å². The van der Waals surface area contributed by atoms with Gasteiger partial charge < -0.3 is 10.8 Å². The van der Waals surface area contributed by atoms with Gasteiger partial charge in [0.1, 0.15) is 0 Å². The first-order valence-electron chi connectivity index (χ1n) is 6.42. The third kappa shape index (κ3) is 4.04. The van der Waals surface area contributed by atoms with E-state index in [-0.39, 0.29) is 5.56 Å². The topological polar surface area (TPSA) is 66.6 Å². The van der Waals surface area contributed by atoms with Crippen LogP contribution in [0.4, 0.5) is 5.69 Å². The van der Waals surface area contributed by atoms with Gasteiger partial charge in [0, 0.05) is 12.2 Å². The summed E-state index contributed by atoms with van der Waals surface area (Å²) < 4.78 is 0. The van der Waals surface area contributed by atoms with Crippen LogP contribution < -0.4 is 5.73 Å². The van der Waals surface area contributed by atoms with Gasteiger partial charge in [0.15, 0.2) is 0 Å². The minimum Gasteiger partial charge on any atom is -0.478 e. The van der Waals surface area contributed by atoms with Crippen LogP contribution in [0.5, 0.6) is 0 Å². The van der Waals surface area contributed by atoms with Gasteiger partial charge in [-0.25, -0.2) is 4.79 Å². The van der Waals surface area contributed by atoms with E-state index in [9.17, 15) is 4.79 Å². The maximum atomic E-state index is 10.8. The van der Waals surface area contributed by atoms with Crippen LogP contribution in [0.3, 0.4) is 0 Å². The summed E-state index contributed by atoms with van der Waals surface area (Å²) in [6.07, 6.45) is 2.21. The Morgan fingerprint density at radius 2 is 1.89 bits per heavy atom. The highest BCUT2D eigenvalue weighted by Gasteiger charge is 2.09. The zero-order chi connectivity index (χ0) is 13.5. The van der Waals surface area contributed by atoms with Crippen molar-refractivity contribution in [3.05, 3.63) is 29.3 Å². The number of carboxylic acids is 1. The summed E-state index contributed by atoms with van der Waals surface area (Å²) in [5.41, 5.74) is 7.72. The number of carbonyl (C=O) groups is 1. The molecular formula is C14H22N2O2. The highest BCUT2D eigenvalue weighted by atomic mass is 16.4. The van der Waals surface area contributed by atoms with Gasteiger partial charge in [0.05, 0.1) is 5.56 Å². The Morgan fingerprint density at radius 1 is 1.28 bits per heavy atom. The molecule has 0 aromatic heterocycles. The largest absolute Gasteiger partial charge is 0.478 e. The smallest absolute Gasteiger partial charge is 0.335 e. The second kappa shape index (κ2) is 7.01. The van der Waals surface area contributed by atoms with E-state index in [4.69, 9.17) is 10.8 Å². The van der Waals surface area contributed by atoms with Crippen molar-refractivity contribution in [2.24, 2.45) is 0 Å². The molecule has 0 aliphatic rings. The van der Waals surface area contributed by atoms with Crippen molar-refractivity contribution >= 4 is 11.7 Å². The van der Waals surface area contributed by atoms with Crippen LogP contribution in [0.25, 0.3) is 0 Å². The van der Waals surface area contributed by atoms with E-state index in [1.807, 2.05) is 6.07 Å². The van der Waals surface area contributed by atoms with Gasteiger partial charge in [-0.05, 0) is 43.6 Å². The molecule has 18 heavy (non-hydrogen) atoms. The molecule has 0 spiro atoms. The molecule has 3 N–H and O–H groups in total. The number of benzene rings is 1. The summed E-state index contributed by atoms with van der Waals surface area (Å²) in [6.45, 7) is 7.16. The van der Waals surface area contributed by atoms with E-state index in [0.29, 0.717) is 5.69 Å². The Hall–Kier alpha value is -1.55. The van der Waals surface area contributed by atoms with E-state index >= 15 is 0 Å². The molecule has 1 rings (SSSR count). The van der Waals surface area contributed by atoms with E-state index in [1.165, 1.54) is 6.07 Å². The van der Waals surface area contributed by atoms with Crippen LogP contribution in [0.1, 0.15) is 42.6 Å². The van der Waals surface area contributed by atoms with Gasteiger partial charge in [-0.3, -0.25) is 4.90 Å². The van der Waals surface area contributed by atoms with Crippen LogP contribution in [0.2, 0.25) is 0 Å². The van der Waals surface area contributed by atoms with Gasteiger partial charge in [0.25, 0.3) is 0 Å². The first-order chi connectivity index (χ1) is 8.58. The quantitative estimate of drug-likeness (QED) is 0.730. The first-order valence-corrected chi connectivity index (χ1v) is 6.42. The number of anilines is 1. The van der Waals surface area contributed by atoms with Crippen LogP contribution in [-0.4, -0.2) is 29.1 Å². The lowest BCUT2D eigenvalue weighted by atomic mass is 10.1. The Kier molecular flexibility index (Phi) is 5.65. The fraction of sp³-hybridized carbons (Fsp3) is 0.500. The molecule has 1 aromatic carbocycles. The Labute approximate surface area is 108 Å². The molecule has 100 valence electrons. The zero-order valence-electron chi connectivity index (χ0n) is 11.1. The molecule has 0 radical (unpaired) electrons. The summed E-state index contributed by atoms with van der Waals surface area (Å²) in [5.74, 6) is -0.938. The van der Waals surface area contributed by atoms with Gasteiger partial charge >= 0.3 is 5.97 Å². The van der Waals surface area contributed by atoms with Crippen LogP contribution in [-0.2, 0) is 6.54 Å². The number of aromatic carboxylic acids is 1. The van der Waals surface area contributed by atoms with E-state index < -0.39 is 5.97 Å². The van der Waals surface area contributed by atoms with Crippen molar-refractivity contribution < 1.29 is 9.90 Å². The van der Waals surface area contributed by atoms with Crippen LogP contribution in [0, 0.1) is 0 Å². The molecule has 0 bridgehead atoms. The lowest BCUT2D eigenvalue weighted by Crippen LogP contribution is -2.25. The molecule has 0 aliphatic heterocycles. The van der Waals surface area contributed by atoms with Crippen molar-refractivity contribution in [1.29, 1.82) is 0 Å². The molecule has 0 aliphatic carbocycles. The van der Waals surface area contributed by atoms with Crippen molar-refractivity contribution in [3.63, 3.8) is 0 Å². The summed E-state index contributed by atoms with van der Waals surface area (Å²) >= 11 is 0. The average Bonchev–Trinajstić information content (AvgIpc) is 2.32. The number of hydrogen-bond acceptors (Lipinski definition) is 3. The average molecular weight is 250 g/mol. The fourth-order valence-electron chi connectivity index (χ4n) is 2.02. The lowest BCUT2D eigenvalue weighted by Gasteiger charge is -2.21. The van der Waals surface area contributed by atoms with Crippen molar-refractivity contribution in [2.45, 2.75) is 33.2 Å². The molecule has 4 nitrogen and oxygen atoms in total. The Morgan fingerprint density at radius 3 is 2.33 bits per heavy atom. The van der Waals surface area contributed by atoms with E-state index in [1.54, 1.807) is 6.07 Å². The third-order valence-corrected chi connectivity index (χ3v) is 2.87. The summed E-state index contributed by atoms with van der Waals surface area (Å²) in [4.78, 5) is 13.2. The highest BCUT2D eigenvalue weighted by molar-refractivity contribution is 5.88. The second-order valence-electron chi connectivity index (χ2n) is 4.49. The monoisotopic (exact) mass is 250 g/mol. The molecule has 0 fully saturated rings. The normalized spacial score (nSPS) is 10.8. The van der Waals surface area contributed by atoms with Crippen LogP contribution in [0.15, 0.2) is 18.2 Å². The summed E-state index contributed by atoms with van der Waals surface area (Å²) in [5, 5.41) is 8.88. The number of nitrogens with two attached hydrogens (primary N) is 1. The molecule has 0 unspecified atom stereocenters. The molecule has 4 heteroatoms. The number of carboxylic acid groups (broad SMARTS) is 1. The highest BCUT2D eigenvalue weighted by Crippen LogP contribution is 2.17. The second-order valence-corrected chi connectivity index (χ2v) is 4.49. The fourth-order valence-corrected chi connectivity index (χ4v) is 2.02. The molecule has 0 heterocycles. The minimum atomic E-state index is -0.938. The predicted molar refractivity (Wildman–Crippen MR) is 73.7 cm³/mol. The maximum Gasteiger partial charge on any atom is 0.335 e. The molecule has 0 saturated carbocycles. The SMILES string of the molecule is CCCN(CCC)Cc1ccc(C(=O)O)cc1N. The first kappa shape index (κ1) is 14.5. The summed E-state index contributed by atoms with van der Waals surface area (Å²) in [7, 11) is 0. The predicted octanol–water partition coefficient (Wildman–Crippen LogP) is 2.59.